The molecule has 4 heterocycles. The van der Waals surface area contributed by atoms with E-state index in [1.165, 1.54) is 31.6 Å². The summed E-state index contributed by atoms with van der Waals surface area (Å²) in [4.78, 5) is 16.8. The van der Waals surface area contributed by atoms with Gasteiger partial charge in [0, 0.05) is 75.0 Å². The van der Waals surface area contributed by atoms with Gasteiger partial charge in [-0.1, -0.05) is 11.6 Å². The van der Waals surface area contributed by atoms with E-state index in [1.807, 2.05) is 12.1 Å². The highest BCUT2D eigenvalue weighted by molar-refractivity contribution is 9.10. The molecule has 3 aromatic rings. The van der Waals surface area contributed by atoms with Crippen molar-refractivity contribution in [2.75, 3.05) is 81.8 Å². The molecule has 2 saturated heterocycles. The number of fused-ring (bicyclic) bond motifs is 1. The van der Waals surface area contributed by atoms with Crippen molar-refractivity contribution in [3.05, 3.63) is 51.1 Å². The number of nitrogens with one attached hydrogen (secondary N) is 2. The van der Waals surface area contributed by atoms with E-state index in [0.717, 1.165) is 60.5 Å². The number of benzene rings is 2. The molecular formula is C31H40BrClN7O2P. The highest BCUT2D eigenvalue weighted by Gasteiger charge is 2.28. The van der Waals surface area contributed by atoms with E-state index in [4.69, 9.17) is 21.3 Å². The smallest absolute Gasteiger partial charge is 0.229 e. The van der Waals surface area contributed by atoms with Crippen molar-refractivity contribution < 1.29 is 9.30 Å². The lowest BCUT2D eigenvalue weighted by Gasteiger charge is -2.43. The van der Waals surface area contributed by atoms with Crippen molar-refractivity contribution in [2.45, 2.75) is 32.2 Å². The van der Waals surface area contributed by atoms with E-state index in [2.05, 4.69) is 72.4 Å². The van der Waals surface area contributed by atoms with Gasteiger partial charge in [-0.05, 0) is 85.4 Å². The highest BCUT2D eigenvalue weighted by Crippen LogP contribution is 2.42. The zero-order valence-electron chi connectivity index (χ0n) is 25.3. The van der Waals surface area contributed by atoms with Crippen molar-refractivity contribution in [3.8, 4) is 5.75 Å². The van der Waals surface area contributed by atoms with Crippen molar-refractivity contribution >= 4 is 68.8 Å². The largest absolute Gasteiger partial charge is 0.493 e. The summed E-state index contributed by atoms with van der Waals surface area (Å²) < 4.78 is 19.6. The van der Waals surface area contributed by atoms with Crippen molar-refractivity contribution in [2.24, 2.45) is 0 Å². The lowest BCUT2D eigenvalue weighted by atomic mass is 10.0. The SMILES string of the molecule is Cc1cc(Nc2ncc(Br)c(Nc3cc4c(cc3P(C)(C)=O)CCO4)n2)c(Cl)cc1N1CCC(N2CCN(C)CC2)CC1. The summed E-state index contributed by atoms with van der Waals surface area (Å²) in [5.41, 5.74) is 4.89. The summed E-state index contributed by atoms with van der Waals surface area (Å²) in [5.74, 6) is 1.77. The van der Waals surface area contributed by atoms with Crippen LogP contribution in [0.4, 0.5) is 28.8 Å². The van der Waals surface area contributed by atoms with E-state index in [1.54, 1.807) is 19.5 Å². The first-order valence-electron chi connectivity index (χ1n) is 14.9. The number of rotatable bonds is 7. The number of halogens is 2. The number of piperidine rings is 1. The van der Waals surface area contributed by atoms with Gasteiger partial charge in [-0.3, -0.25) is 4.90 Å². The third kappa shape index (κ3) is 6.84. The fourth-order valence-electron chi connectivity index (χ4n) is 6.29. The highest BCUT2D eigenvalue weighted by atomic mass is 79.9. The summed E-state index contributed by atoms with van der Waals surface area (Å²) >= 11 is 10.4. The van der Waals surface area contributed by atoms with Gasteiger partial charge in [-0.15, -0.1) is 0 Å². The third-order valence-electron chi connectivity index (χ3n) is 8.78. The molecule has 43 heavy (non-hydrogen) atoms. The van der Waals surface area contributed by atoms with Crippen LogP contribution in [-0.2, 0) is 11.0 Å². The number of hydrogen-bond donors (Lipinski definition) is 2. The predicted octanol–water partition coefficient (Wildman–Crippen LogP) is 6.09. The molecule has 0 atom stereocenters. The Morgan fingerprint density at radius 2 is 1.77 bits per heavy atom. The lowest BCUT2D eigenvalue weighted by Crippen LogP contribution is -2.52. The molecule has 230 valence electrons. The fraction of sp³-hybridized carbons (Fsp3) is 0.484. The first-order valence-corrected chi connectivity index (χ1v) is 18.7. The minimum atomic E-state index is -2.57. The van der Waals surface area contributed by atoms with Crippen LogP contribution >= 0.6 is 34.7 Å². The topological polar surface area (TPSA) is 85.9 Å². The fourth-order valence-corrected chi connectivity index (χ4v) is 7.95. The summed E-state index contributed by atoms with van der Waals surface area (Å²) in [6.07, 6.45) is 4.86. The molecule has 1 aromatic heterocycles. The lowest BCUT2D eigenvalue weighted by molar-refractivity contribution is 0.0982. The molecule has 0 bridgehead atoms. The van der Waals surface area contributed by atoms with E-state index in [-0.39, 0.29) is 0 Å². The van der Waals surface area contributed by atoms with E-state index < -0.39 is 7.14 Å². The van der Waals surface area contributed by atoms with Gasteiger partial charge in [0.15, 0.2) is 0 Å². The number of aromatic nitrogens is 2. The van der Waals surface area contributed by atoms with Gasteiger partial charge < -0.3 is 29.7 Å². The molecule has 0 unspecified atom stereocenters. The second kappa shape index (κ2) is 12.6. The maximum Gasteiger partial charge on any atom is 0.229 e. The van der Waals surface area contributed by atoms with Crippen molar-refractivity contribution in [1.82, 2.24) is 19.8 Å². The average molecular weight is 689 g/mol. The molecular weight excluding hydrogens is 649 g/mol. The van der Waals surface area contributed by atoms with Gasteiger partial charge in [0.05, 0.1) is 27.5 Å². The minimum absolute atomic E-state index is 0.405. The van der Waals surface area contributed by atoms with Gasteiger partial charge in [0.25, 0.3) is 0 Å². The molecule has 6 rings (SSSR count). The zero-order chi connectivity index (χ0) is 30.3. The van der Waals surface area contributed by atoms with Crippen LogP contribution in [-0.4, -0.2) is 92.1 Å². The molecule has 0 spiro atoms. The van der Waals surface area contributed by atoms with Crippen LogP contribution in [0.25, 0.3) is 0 Å². The van der Waals surface area contributed by atoms with Gasteiger partial charge in [0.1, 0.15) is 18.7 Å². The van der Waals surface area contributed by atoms with Crippen molar-refractivity contribution in [3.63, 3.8) is 0 Å². The van der Waals surface area contributed by atoms with Crippen LogP contribution in [0.2, 0.25) is 5.02 Å². The van der Waals surface area contributed by atoms with Crippen LogP contribution < -0.4 is 25.6 Å². The summed E-state index contributed by atoms with van der Waals surface area (Å²) in [6.45, 7) is 13.0. The summed E-state index contributed by atoms with van der Waals surface area (Å²) in [5, 5.41) is 8.09. The Hall–Kier alpha value is -2.36. The summed E-state index contributed by atoms with van der Waals surface area (Å²) in [6, 6.07) is 8.72. The molecule has 2 N–H and O–H groups in total. The summed E-state index contributed by atoms with van der Waals surface area (Å²) in [7, 11) is -0.356. The monoisotopic (exact) mass is 687 g/mol. The number of piperazine rings is 1. The molecule has 3 aliphatic rings. The maximum absolute atomic E-state index is 13.2. The zero-order valence-corrected chi connectivity index (χ0v) is 28.5. The predicted molar refractivity (Wildman–Crippen MR) is 182 cm³/mol. The number of aryl methyl sites for hydroxylation is 1. The first-order chi connectivity index (χ1) is 20.5. The minimum Gasteiger partial charge on any atom is -0.493 e. The quantitative estimate of drug-likeness (QED) is 0.287. The molecule has 2 aromatic carbocycles. The average Bonchev–Trinajstić information content (AvgIpc) is 3.44. The molecule has 0 amide bonds. The second-order valence-electron chi connectivity index (χ2n) is 12.2. The van der Waals surface area contributed by atoms with E-state index >= 15 is 0 Å². The number of hydrogen-bond acceptors (Lipinski definition) is 9. The second-order valence-corrected chi connectivity index (χ2v) is 16.7. The van der Waals surface area contributed by atoms with E-state index in [0.29, 0.717) is 39.6 Å². The molecule has 3 aliphatic heterocycles. The van der Waals surface area contributed by atoms with Crippen molar-refractivity contribution in [1.29, 1.82) is 0 Å². The standard InChI is InChI=1S/C31H40BrClN7O2P/c1-20-15-25(24(33)17-27(20)40-8-5-22(6-9-40)39-12-10-38(2)11-13-39)36-31-34-19-23(32)30(37-31)35-26-18-28-21(7-14-42-28)16-29(26)43(3,4)41/h15-19,22H,5-14H2,1-4H3,(H2,34,35,36,37). The Morgan fingerprint density at radius 1 is 1.02 bits per heavy atom. The Kier molecular flexibility index (Phi) is 8.96. The Bertz CT molecular complexity index is 1550. The molecule has 0 radical (unpaired) electrons. The maximum atomic E-state index is 13.2. The number of ether oxygens (including phenoxy) is 1. The third-order valence-corrected chi connectivity index (χ3v) is 11.2. The van der Waals surface area contributed by atoms with Gasteiger partial charge in [-0.25, -0.2) is 4.98 Å². The van der Waals surface area contributed by atoms with Gasteiger partial charge >= 0.3 is 0 Å². The van der Waals surface area contributed by atoms with E-state index in [9.17, 15) is 4.57 Å². The molecule has 9 nitrogen and oxygen atoms in total. The van der Waals surface area contributed by atoms with Crippen LogP contribution in [0.15, 0.2) is 34.9 Å². The molecule has 0 saturated carbocycles. The van der Waals surface area contributed by atoms with Gasteiger partial charge in [-0.2, -0.15) is 4.98 Å². The Morgan fingerprint density at radius 3 is 2.49 bits per heavy atom. The number of likely N-dealkylation sites (N-methyl/N-ethyl adjacent to an activating group) is 1. The number of anilines is 5. The van der Waals surface area contributed by atoms with Crippen LogP contribution in [0.3, 0.4) is 0 Å². The van der Waals surface area contributed by atoms with Crippen LogP contribution in [0.1, 0.15) is 24.0 Å². The van der Waals surface area contributed by atoms with Crippen LogP contribution in [0, 0.1) is 6.92 Å². The first kappa shape index (κ1) is 30.7. The Balaban J connectivity index is 1.17. The molecule has 0 aliphatic carbocycles. The Labute approximate surface area is 267 Å². The number of nitrogens with zero attached hydrogens (tertiary/aromatic N) is 5. The van der Waals surface area contributed by atoms with Gasteiger partial charge in [0.2, 0.25) is 5.95 Å². The molecule has 12 heteroatoms. The molecule has 2 fully saturated rings. The van der Waals surface area contributed by atoms with Crippen LogP contribution in [0.5, 0.6) is 5.75 Å². The normalized spacial score (nSPS) is 18.4.